The third kappa shape index (κ3) is 4.04. The Balaban J connectivity index is 1.88. The van der Waals surface area contributed by atoms with Crippen LogP contribution >= 0.6 is 0 Å². The molecule has 2 aromatic rings. The second-order valence-corrected chi connectivity index (χ2v) is 5.59. The third-order valence-electron chi connectivity index (χ3n) is 3.38. The summed E-state index contributed by atoms with van der Waals surface area (Å²) in [4.78, 5) is 24.0. The molecule has 1 aromatic carbocycles. The fourth-order valence-corrected chi connectivity index (χ4v) is 2.14. The Morgan fingerprint density at radius 3 is 2.45 bits per heavy atom. The lowest BCUT2D eigenvalue weighted by Gasteiger charge is -2.11. The van der Waals surface area contributed by atoms with Crippen molar-refractivity contribution in [2.24, 2.45) is 0 Å². The molecule has 0 spiro atoms. The molecule has 0 aliphatic heterocycles. The average molecular weight is 299 g/mol. The third-order valence-corrected chi connectivity index (χ3v) is 3.38. The standard InChI is InChI=1S/C17H21N3O2/c1-12(2)20-16(10-11-18-20)19-17(22)9-8-15(21)14-6-4-13(3)5-7-14/h4-7,10-12H,8-9H2,1-3H3,(H,19,22). The molecule has 1 N–H and O–H groups in total. The van der Waals surface area contributed by atoms with Gasteiger partial charge in [0.1, 0.15) is 5.82 Å². The van der Waals surface area contributed by atoms with Crippen LogP contribution in [-0.4, -0.2) is 21.5 Å². The van der Waals surface area contributed by atoms with Crippen LogP contribution in [0.25, 0.3) is 0 Å². The van der Waals surface area contributed by atoms with E-state index in [-0.39, 0.29) is 30.6 Å². The molecular weight excluding hydrogens is 278 g/mol. The number of anilines is 1. The number of aryl methyl sites for hydroxylation is 1. The van der Waals surface area contributed by atoms with Gasteiger partial charge in [-0.1, -0.05) is 29.8 Å². The van der Waals surface area contributed by atoms with Crippen molar-refractivity contribution in [3.05, 3.63) is 47.7 Å². The van der Waals surface area contributed by atoms with Crippen molar-refractivity contribution in [2.75, 3.05) is 5.32 Å². The van der Waals surface area contributed by atoms with Gasteiger partial charge >= 0.3 is 0 Å². The largest absolute Gasteiger partial charge is 0.311 e. The first kappa shape index (κ1) is 15.9. The summed E-state index contributed by atoms with van der Waals surface area (Å²) in [6.07, 6.45) is 2.01. The Labute approximate surface area is 130 Å². The number of rotatable bonds is 6. The van der Waals surface area contributed by atoms with Gasteiger partial charge in [-0.05, 0) is 20.8 Å². The lowest BCUT2D eigenvalue weighted by atomic mass is 10.1. The number of carbonyl (C=O) groups excluding carboxylic acids is 2. The van der Waals surface area contributed by atoms with Gasteiger partial charge in [-0.25, -0.2) is 4.68 Å². The normalized spacial score (nSPS) is 10.7. The van der Waals surface area contributed by atoms with Crippen molar-refractivity contribution in [2.45, 2.75) is 39.7 Å². The summed E-state index contributed by atoms with van der Waals surface area (Å²) in [5, 5.41) is 6.95. The number of amides is 1. The maximum atomic E-state index is 12.0. The van der Waals surface area contributed by atoms with E-state index in [1.165, 1.54) is 0 Å². The number of nitrogens with zero attached hydrogens (tertiary/aromatic N) is 2. The van der Waals surface area contributed by atoms with Crippen LogP contribution in [0, 0.1) is 6.92 Å². The van der Waals surface area contributed by atoms with Crippen LogP contribution in [0.3, 0.4) is 0 Å². The first-order valence-electron chi connectivity index (χ1n) is 7.40. The average Bonchev–Trinajstić information content (AvgIpc) is 2.94. The SMILES string of the molecule is Cc1ccc(C(=O)CCC(=O)Nc2ccnn2C(C)C)cc1. The number of carbonyl (C=O) groups is 2. The van der Waals surface area contributed by atoms with Crippen molar-refractivity contribution in [3.63, 3.8) is 0 Å². The van der Waals surface area contributed by atoms with Crippen molar-refractivity contribution in [1.82, 2.24) is 9.78 Å². The second kappa shape index (κ2) is 7.02. The molecule has 1 aromatic heterocycles. The molecule has 0 fully saturated rings. The molecule has 1 heterocycles. The van der Waals surface area contributed by atoms with Gasteiger partial charge in [-0.2, -0.15) is 5.10 Å². The fourth-order valence-electron chi connectivity index (χ4n) is 2.14. The van der Waals surface area contributed by atoms with Crippen LogP contribution in [0.2, 0.25) is 0 Å². The summed E-state index contributed by atoms with van der Waals surface area (Å²) in [5.74, 6) is 0.457. The molecule has 0 saturated carbocycles. The van der Waals surface area contributed by atoms with E-state index in [2.05, 4.69) is 10.4 Å². The van der Waals surface area contributed by atoms with Gasteiger partial charge in [0.15, 0.2) is 5.78 Å². The monoisotopic (exact) mass is 299 g/mol. The van der Waals surface area contributed by atoms with Crippen LogP contribution in [0.1, 0.15) is 48.7 Å². The number of hydrogen-bond donors (Lipinski definition) is 1. The van der Waals surface area contributed by atoms with E-state index < -0.39 is 0 Å². The Morgan fingerprint density at radius 1 is 1.14 bits per heavy atom. The lowest BCUT2D eigenvalue weighted by molar-refractivity contribution is -0.116. The van der Waals surface area contributed by atoms with Gasteiger partial charge in [0.05, 0.1) is 6.20 Å². The molecule has 116 valence electrons. The Hall–Kier alpha value is -2.43. The van der Waals surface area contributed by atoms with E-state index in [0.29, 0.717) is 11.4 Å². The number of Topliss-reactive ketones (excluding diaryl/α,β-unsaturated/α-hetero) is 1. The van der Waals surface area contributed by atoms with Crippen LogP contribution in [0.4, 0.5) is 5.82 Å². The molecule has 5 heteroatoms. The summed E-state index contributed by atoms with van der Waals surface area (Å²) in [7, 11) is 0. The summed E-state index contributed by atoms with van der Waals surface area (Å²) in [6.45, 7) is 5.95. The number of aromatic nitrogens is 2. The van der Waals surface area contributed by atoms with Gasteiger partial charge in [-0.15, -0.1) is 0 Å². The van der Waals surface area contributed by atoms with Crippen molar-refractivity contribution in [3.8, 4) is 0 Å². The molecular formula is C17H21N3O2. The summed E-state index contributed by atoms with van der Waals surface area (Å²) in [6, 6.07) is 9.30. The zero-order chi connectivity index (χ0) is 16.1. The van der Waals surface area contributed by atoms with Gasteiger partial charge < -0.3 is 5.32 Å². The molecule has 0 saturated heterocycles. The van der Waals surface area contributed by atoms with Gasteiger partial charge in [0.2, 0.25) is 5.91 Å². The Kier molecular flexibility index (Phi) is 5.09. The topological polar surface area (TPSA) is 64.0 Å². The second-order valence-electron chi connectivity index (χ2n) is 5.59. The highest BCUT2D eigenvalue weighted by Gasteiger charge is 2.12. The molecule has 0 bridgehead atoms. The number of nitrogens with one attached hydrogen (secondary N) is 1. The van der Waals surface area contributed by atoms with E-state index in [9.17, 15) is 9.59 Å². The van der Waals surface area contributed by atoms with Gasteiger partial charge in [-0.3, -0.25) is 9.59 Å². The Morgan fingerprint density at radius 2 is 1.82 bits per heavy atom. The van der Waals surface area contributed by atoms with Crippen molar-refractivity contribution >= 4 is 17.5 Å². The van der Waals surface area contributed by atoms with Gasteiger partial charge in [0, 0.05) is 30.5 Å². The van der Waals surface area contributed by atoms with Crippen LogP contribution in [0.5, 0.6) is 0 Å². The molecule has 22 heavy (non-hydrogen) atoms. The minimum absolute atomic E-state index is 0.0208. The Bertz CT molecular complexity index is 657. The van der Waals surface area contributed by atoms with E-state index in [0.717, 1.165) is 5.56 Å². The molecule has 2 rings (SSSR count). The van der Waals surface area contributed by atoms with Gasteiger partial charge in [0.25, 0.3) is 0 Å². The van der Waals surface area contributed by atoms with Crippen LogP contribution in [-0.2, 0) is 4.79 Å². The minimum Gasteiger partial charge on any atom is -0.311 e. The highest BCUT2D eigenvalue weighted by Crippen LogP contribution is 2.14. The highest BCUT2D eigenvalue weighted by atomic mass is 16.2. The number of benzene rings is 1. The van der Waals surface area contributed by atoms with E-state index in [4.69, 9.17) is 0 Å². The molecule has 0 radical (unpaired) electrons. The van der Waals surface area contributed by atoms with Crippen LogP contribution < -0.4 is 5.32 Å². The van der Waals surface area contributed by atoms with Crippen molar-refractivity contribution < 1.29 is 9.59 Å². The molecule has 0 aliphatic carbocycles. The zero-order valence-electron chi connectivity index (χ0n) is 13.2. The zero-order valence-corrected chi connectivity index (χ0v) is 13.2. The maximum Gasteiger partial charge on any atom is 0.225 e. The molecule has 0 atom stereocenters. The summed E-state index contributed by atoms with van der Waals surface area (Å²) < 4.78 is 1.74. The molecule has 1 amide bonds. The molecule has 0 unspecified atom stereocenters. The highest BCUT2D eigenvalue weighted by molar-refractivity contribution is 5.99. The maximum absolute atomic E-state index is 12.0. The first-order valence-corrected chi connectivity index (χ1v) is 7.40. The summed E-state index contributed by atoms with van der Waals surface area (Å²) >= 11 is 0. The predicted octanol–water partition coefficient (Wildman–Crippen LogP) is 3.37. The first-order chi connectivity index (χ1) is 10.5. The number of hydrogen-bond acceptors (Lipinski definition) is 3. The van der Waals surface area contributed by atoms with Crippen LogP contribution in [0.15, 0.2) is 36.5 Å². The summed E-state index contributed by atoms with van der Waals surface area (Å²) in [5.41, 5.74) is 1.75. The van der Waals surface area contributed by atoms with E-state index in [1.807, 2.05) is 32.9 Å². The predicted molar refractivity (Wildman–Crippen MR) is 86.0 cm³/mol. The van der Waals surface area contributed by atoms with Crippen molar-refractivity contribution in [1.29, 1.82) is 0 Å². The smallest absolute Gasteiger partial charge is 0.225 e. The number of ketones is 1. The minimum atomic E-state index is -0.178. The lowest BCUT2D eigenvalue weighted by Crippen LogP contribution is -2.17. The fraction of sp³-hybridized carbons (Fsp3) is 0.353. The quantitative estimate of drug-likeness (QED) is 0.832. The molecule has 5 nitrogen and oxygen atoms in total. The van der Waals surface area contributed by atoms with E-state index in [1.54, 1.807) is 29.1 Å². The van der Waals surface area contributed by atoms with E-state index >= 15 is 0 Å². The molecule has 0 aliphatic rings.